The third-order valence-corrected chi connectivity index (χ3v) is 4.77. The Kier molecular flexibility index (Phi) is 8.35. The van der Waals surface area contributed by atoms with Crippen LogP contribution in [0.1, 0.15) is 18.1 Å². The summed E-state index contributed by atoms with van der Waals surface area (Å²) in [5, 5.41) is 10.3. The van der Waals surface area contributed by atoms with E-state index in [4.69, 9.17) is 16.3 Å². The third-order valence-electron chi connectivity index (χ3n) is 4.00. The Bertz CT molecular complexity index is 1010. The van der Waals surface area contributed by atoms with Crippen LogP contribution in [0.4, 0.5) is 29.3 Å². The standard InChI is InChI=1S/C20H19BrClF3N4O2/c1-4-26-29(2)17(11-21)14-9-12(6-8-18(14)31-3)27-19(30)28-13-5-7-16(22)15(10-13)20(23,24)25/h4-11H,1-3H3,(H2,27,28,30)/b17-11+,26-4-. The maximum absolute atomic E-state index is 13.0. The number of carbonyl (C=O) groups excluding carboxylic acids is 1. The molecule has 31 heavy (non-hydrogen) atoms. The number of hydrogen-bond donors (Lipinski definition) is 2. The Balaban J connectivity index is 2.26. The maximum Gasteiger partial charge on any atom is 0.417 e. The minimum atomic E-state index is -4.64. The second-order valence-corrected chi connectivity index (χ2v) is 6.94. The van der Waals surface area contributed by atoms with E-state index in [1.54, 1.807) is 48.4 Å². The molecule has 2 aromatic carbocycles. The molecule has 2 N–H and O–H groups in total. The van der Waals surface area contributed by atoms with Gasteiger partial charge in [0, 0.05) is 35.2 Å². The number of hydrazone groups is 1. The van der Waals surface area contributed by atoms with Crippen LogP contribution in [-0.4, -0.2) is 31.4 Å². The SMILES string of the molecule is C/C=N\N(C)/C(=C/Br)c1cc(NC(=O)Nc2ccc(Cl)c(C(F)(F)F)c2)ccc1OC. The Morgan fingerprint density at radius 3 is 2.35 bits per heavy atom. The lowest BCUT2D eigenvalue weighted by molar-refractivity contribution is -0.137. The molecule has 2 aromatic rings. The number of urea groups is 1. The molecular weight excluding hydrogens is 501 g/mol. The van der Waals surface area contributed by atoms with Gasteiger partial charge in [0.15, 0.2) is 0 Å². The van der Waals surface area contributed by atoms with Crippen molar-refractivity contribution in [3.05, 3.63) is 57.5 Å². The van der Waals surface area contributed by atoms with Gasteiger partial charge in [-0.05, 0) is 43.3 Å². The first kappa shape index (κ1) is 24.5. The molecule has 0 atom stereocenters. The lowest BCUT2D eigenvalue weighted by atomic mass is 10.1. The number of benzene rings is 2. The highest BCUT2D eigenvalue weighted by atomic mass is 79.9. The number of carbonyl (C=O) groups is 1. The molecule has 11 heteroatoms. The zero-order chi connectivity index (χ0) is 23.2. The summed E-state index contributed by atoms with van der Waals surface area (Å²) in [6, 6.07) is 7.29. The minimum absolute atomic E-state index is 0.0546. The van der Waals surface area contributed by atoms with Gasteiger partial charge in [0.25, 0.3) is 0 Å². The molecule has 0 radical (unpaired) electrons. The van der Waals surface area contributed by atoms with Gasteiger partial charge in [-0.15, -0.1) is 0 Å². The van der Waals surface area contributed by atoms with Crippen molar-refractivity contribution >= 4 is 56.8 Å². The quantitative estimate of drug-likeness (QED) is 0.332. The summed E-state index contributed by atoms with van der Waals surface area (Å²) in [5.74, 6) is 0.530. The molecule has 6 nitrogen and oxygen atoms in total. The first-order chi connectivity index (χ1) is 14.6. The van der Waals surface area contributed by atoms with Crippen molar-refractivity contribution in [3.63, 3.8) is 0 Å². The van der Waals surface area contributed by atoms with Gasteiger partial charge in [-0.25, -0.2) is 4.79 Å². The number of methoxy groups -OCH3 is 1. The number of nitrogens with one attached hydrogen (secondary N) is 2. The van der Waals surface area contributed by atoms with Crippen molar-refractivity contribution in [2.45, 2.75) is 13.1 Å². The summed E-state index contributed by atoms with van der Waals surface area (Å²) in [4.78, 5) is 14.0. The van der Waals surface area contributed by atoms with Gasteiger partial charge in [0.05, 0.1) is 23.4 Å². The van der Waals surface area contributed by atoms with Crippen LogP contribution >= 0.6 is 27.5 Å². The fourth-order valence-electron chi connectivity index (χ4n) is 2.64. The van der Waals surface area contributed by atoms with Gasteiger partial charge in [-0.3, -0.25) is 5.01 Å². The zero-order valence-electron chi connectivity index (χ0n) is 16.7. The van der Waals surface area contributed by atoms with Crippen molar-refractivity contribution in [2.24, 2.45) is 5.10 Å². The Hall–Kier alpha value is -2.72. The fourth-order valence-corrected chi connectivity index (χ4v) is 3.41. The Morgan fingerprint density at radius 1 is 1.19 bits per heavy atom. The van der Waals surface area contributed by atoms with Crippen LogP contribution in [0, 0.1) is 0 Å². The monoisotopic (exact) mass is 518 g/mol. The van der Waals surface area contributed by atoms with Crippen LogP contribution in [0.25, 0.3) is 5.70 Å². The van der Waals surface area contributed by atoms with E-state index in [0.717, 1.165) is 12.1 Å². The normalized spacial score (nSPS) is 12.1. The summed E-state index contributed by atoms with van der Waals surface area (Å²) in [7, 11) is 3.24. The molecule has 2 rings (SSSR count). The molecule has 0 unspecified atom stereocenters. The lowest BCUT2D eigenvalue weighted by Crippen LogP contribution is -2.20. The molecule has 0 spiro atoms. The summed E-state index contributed by atoms with van der Waals surface area (Å²) in [6.07, 6.45) is -3.03. The summed E-state index contributed by atoms with van der Waals surface area (Å²) in [5.41, 5.74) is 0.563. The van der Waals surface area contributed by atoms with E-state index in [2.05, 4.69) is 31.7 Å². The van der Waals surface area contributed by atoms with Crippen LogP contribution in [0.15, 0.2) is 46.5 Å². The number of hydrogen-bond acceptors (Lipinski definition) is 4. The highest BCUT2D eigenvalue weighted by molar-refractivity contribution is 9.11. The highest BCUT2D eigenvalue weighted by Gasteiger charge is 2.33. The second-order valence-electron chi connectivity index (χ2n) is 6.08. The predicted molar refractivity (Wildman–Crippen MR) is 121 cm³/mol. The van der Waals surface area contributed by atoms with Crippen LogP contribution < -0.4 is 15.4 Å². The number of amides is 2. The molecule has 166 valence electrons. The number of ether oxygens (including phenoxy) is 1. The van der Waals surface area contributed by atoms with Gasteiger partial charge < -0.3 is 15.4 Å². The van der Waals surface area contributed by atoms with Crippen LogP contribution in [0.2, 0.25) is 5.02 Å². The summed E-state index contributed by atoms with van der Waals surface area (Å²) in [6.45, 7) is 1.77. The van der Waals surface area contributed by atoms with E-state index in [1.807, 2.05) is 0 Å². The van der Waals surface area contributed by atoms with Gasteiger partial charge in [0.1, 0.15) is 5.75 Å². The maximum atomic E-state index is 13.0. The van der Waals surface area contributed by atoms with Gasteiger partial charge in [0.2, 0.25) is 0 Å². The van der Waals surface area contributed by atoms with E-state index >= 15 is 0 Å². The van der Waals surface area contributed by atoms with Gasteiger partial charge in [-0.2, -0.15) is 18.3 Å². The first-order valence-electron chi connectivity index (χ1n) is 8.76. The molecular formula is C20H19BrClF3N4O2. The third kappa shape index (κ3) is 6.38. The highest BCUT2D eigenvalue weighted by Crippen LogP contribution is 2.36. The number of anilines is 2. The topological polar surface area (TPSA) is 66.0 Å². The van der Waals surface area contributed by atoms with E-state index < -0.39 is 22.8 Å². The molecule has 0 aliphatic carbocycles. The van der Waals surface area contributed by atoms with E-state index in [1.165, 1.54) is 13.2 Å². The van der Waals surface area contributed by atoms with Gasteiger partial charge >= 0.3 is 12.2 Å². The first-order valence-corrected chi connectivity index (χ1v) is 10.1. The predicted octanol–water partition coefficient (Wildman–Crippen LogP) is 6.64. The fraction of sp³-hybridized carbons (Fsp3) is 0.200. The number of nitrogens with zero attached hydrogens (tertiary/aromatic N) is 2. The van der Waals surface area contributed by atoms with Gasteiger partial charge in [-0.1, -0.05) is 27.5 Å². The summed E-state index contributed by atoms with van der Waals surface area (Å²) >= 11 is 8.90. The van der Waals surface area contributed by atoms with Crippen molar-refractivity contribution in [1.82, 2.24) is 5.01 Å². The Labute approximate surface area is 190 Å². The average Bonchev–Trinajstić information content (AvgIpc) is 2.69. The van der Waals surface area contributed by atoms with Crippen molar-refractivity contribution < 1.29 is 22.7 Å². The second kappa shape index (κ2) is 10.5. The van der Waals surface area contributed by atoms with Crippen LogP contribution in [0.5, 0.6) is 5.75 Å². The number of alkyl halides is 3. The molecule has 0 saturated heterocycles. The molecule has 0 aromatic heterocycles. The number of halogens is 5. The Morgan fingerprint density at radius 2 is 1.81 bits per heavy atom. The molecule has 0 aliphatic heterocycles. The molecule has 0 aliphatic rings. The van der Waals surface area contributed by atoms with Crippen molar-refractivity contribution in [1.29, 1.82) is 0 Å². The summed E-state index contributed by atoms with van der Waals surface area (Å²) < 4.78 is 44.4. The smallest absolute Gasteiger partial charge is 0.417 e. The van der Waals surface area contributed by atoms with E-state index in [0.29, 0.717) is 22.7 Å². The number of rotatable bonds is 6. The van der Waals surface area contributed by atoms with Crippen LogP contribution in [0.3, 0.4) is 0 Å². The average molecular weight is 520 g/mol. The zero-order valence-corrected chi connectivity index (χ0v) is 19.1. The van der Waals surface area contributed by atoms with Crippen molar-refractivity contribution in [2.75, 3.05) is 24.8 Å². The lowest BCUT2D eigenvalue weighted by Gasteiger charge is -2.20. The molecule has 0 bridgehead atoms. The largest absolute Gasteiger partial charge is 0.496 e. The van der Waals surface area contributed by atoms with E-state index in [-0.39, 0.29) is 5.69 Å². The molecule has 0 heterocycles. The molecule has 2 amide bonds. The van der Waals surface area contributed by atoms with Crippen LogP contribution in [-0.2, 0) is 6.18 Å². The van der Waals surface area contributed by atoms with E-state index in [9.17, 15) is 18.0 Å². The molecule has 0 saturated carbocycles. The van der Waals surface area contributed by atoms with Crippen molar-refractivity contribution in [3.8, 4) is 5.75 Å². The minimum Gasteiger partial charge on any atom is -0.496 e. The molecule has 0 fully saturated rings.